The quantitative estimate of drug-likeness (QED) is 0.0531. The molecule has 31 N–H and O–H groups in total. The van der Waals surface area contributed by atoms with Crippen molar-refractivity contribution >= 4 is 47.8 Å². The molecule has 0 aromatic heterocycles. The van der Waals surface area contributed by atoms with Crippen molar-refractivity contribution in [3.8, 4) is 206 Å². The number of hydrogen-bond acceptors (Lipinski definition) is 50. The minimum Gasteiger partial charge on any atom is -0.507 e. The smallest absolute Gasteiger partial charge is 0.342 e. The van der Waals surface area contributed by atoms with E-state index in [4.69, 9.17) is 52.1 Å². The fourth-order valence-electron chi connectivity index (χ4n) is 15.3. The number of aliphatic hydroxyl groups is 4. The number of cyclic esters (lactones) is 5. The zero-order chi connectivity index (χ0) is 96.8. The van der Waals surface area contributed by atoms with Gasteiger partial charge in [0.05, 0.1) is 50.6 Å². The molecule has 50 nitrogen and oxygen atoms in total. The maximum atomic E-state index is 15.5. The van der Waals surface area contributed by atoms with Gasteiger partial charge >= 0.3 is 47.8 Å². The van der Waals surface area contributed by atoms with E-state index in [1.54, 1.807) is 0 Å². The second-order valence-electron chi connectivity index (χ2n) is 29.7. The van der Waals surface area contributed by atoms with Crippen molar-refractivity contribution in [3.63, 3.8) is 0 Å². The van der Waals surface area contributed by atoms with Crippen LogP contribution >= 0.6 is 0 Å². The lowest BCUT2D eigenvalue weighted by Crippen LogP contribution is -2.62. The second kappa shape index (κ2) is 33.0. The highest BCUT2D eigenvalue weighted by molar-refractivity contribution is 6.12. The van der Waals surface area contributed by atoms with Gasteiger partial charge in [0, 0.05) is 63.6 Å². The topological polar surface area (TPSA) is 865 Å². The molecule has 0 bridgehead atoms. The highest BCUT2D eigenvalue weighted by Gasteiger charge is 2.56. The summed E-state index contributed by atoms with van der Waals surface area (Å²) in [6.45, 7) is -3.27. The Morgan fingerprint density at radius 1 is 0.346 bits per heavy atom. The molecule has 0 saturated carbocycles. The first-order chi connectivity index (χ1) is 62.6. The largest absolute Gasteiger partial charge is 0.507 e. The SMILES string of the molecule is O=C(OC1C(OC(=O)c2cc(O)c(O)c(O)c2Oc2cc3c(c(O)c2O)-c2c(cc(O)c(O)c2O)C(=O)OC(C2OC(=O)c4cc(O)c(O)c(O)c4-c4c(cc(O)c(O)c4O)C(=O)OC2C(O)c2c(O)cc(O)c4c2OC(c2ccc(O)c(O)c2)C(O)C4)C(O)COC3=O)C(O)OC2COC(=O)c3cc(O)c(O)c(O)c3-c3c(cc(O)c(O)c3O)C(=O)OC21)c1cc(O)c(O)c(O)c1. The van der Waals surface area contributed by atoms with E-state index in [1.165, 1.54) is 0 Å². The van der Waals surface area contributed by atoms with Crippen molar-refractivity contribution in [2.45, 2.75) is 79.9 Å². The molecular formula is C83H62O50. The molecule has 133 heavy (non-hydrogen) atoms. The first kappa shape index (κ1) is 89.8. The van der Waals surface area contributed by atoms with E-state index in [1.807, 2.05) is 0 Å². The van der Waals surface area contributed by atoms with E-state index in [9.17, 15) is 173 Å². The Hall–Kier alpha value is -18.0. The van der Waals surface area contributed by atoms with Gasteiger partial charge in [0.15, 0.2) is 152 Å². The highest BCUT2D eigenvalue weighted by atomic mass is 16.7. The Bertz CT molecular complexity index is 6710. The molecule has 1 saturated heterocycles. The van der Waals surface area contributed by atoms with Crippen LogP contribution in [-0.4, -0.2) is 280 Å². The maximum absolute atomic E-state index is 15.5. The number of carbonyl (C=O) groups is 8. The molecule has 0 amide bonds. The Morgan fingerprint density at radius 2 is 0.752 bits per heavy atom. The molecule has 5 aliphatic rings. The van der Waals surface area contributed by atoms with Crippen molar-refractivity contribution in [1.29, 1.82) is 0 Å². The first-order valence-electron chi connectivity index (χ1n) is 37.6. The highest BCUT2D eigenvalue weighted by Crippen LogP contribution is 2.60. The van der Waals surface area contributed by atoms with Gasteiger partial charge in [-0.15, -0.1) is 0 Å². The standard InChI is InChI=1S/C83H62O50/c84-27-2-1-17(3-29(27)86)66-39(96)6-19-28(85)14-30(87)49(67(19)127-66)64(112)71-72(132-81(120)24-11-37(94)54(102)61(109)46(24)45-23(80(119)130-71)10-36(93)53(101)60(45)108)69-40(97)15-123-77(116)25-13-41(57(105)63(111)48(25)47-21(78(117)128-69)8-34(91)55(103)62(47)110)125-68-26(12-38(95)56(104)65(68)113)82(121)133-74-73(131-75(114)18-4-31(88)50(98)32(89)5-18)70-42(126-83(74)122)16-124-76(115)20-7-33(90)51(99)58(106)43(20)44-22(79(118)129-70)9-35(92)52(100)59(44)107/h1-5,7-14,39-40,42,64,66,69-74,83-113,122H,6,15-16H2. The van der Waals surface area contributed by atoms with Crippen molar-refractivity contribution in [3.05, 3.63) is 140 Å². The Labute approximate surface area is 732 Å². The Kier molecular flexibility index (Phi) is 22.3. The van der Waals surface area contributed by atoms with Crippen molar-refractivity contribution in [2.75, 3.05) is 13.2 Å². The number of aliphatic hydroxyl groups excluding tert-OH is 4. The van der Waals surface area contributed by atoms with Gasteiger partial charge in [-0.1, -0.05) is 6.07 Å². The minimum atomic E-state index is -3.24. The number of phenolic OH excluding ortho intramolecular Hbond substituents is 27. The zero-order valence-electron chi connectivity index (χ0n) is 65.7. The summed E-state index contributed by atoms with van der Waals surface area (Å²) in [6, 6.07) is 5.65. The van der Waals surface area contributed by atoms with Crippen LogP contribution in [0.15, 0.2) is 78.9 Å². The third kappa shape index (κ3) is 15.0. The zero-order valence-corrected chi connectivity index (χ0v) is 65.7. The van der Waals surface area contributed by atoms with Crippen LogP contribution < -0.4 is 9.47 Å². The van der Waals surface area contributed by atoms with Crippen molar-refractivity contribution in [2.24, 2.45) is 0 Å². The number of fused-ring (bicyclic) bond motifs is 11. The lowest BCUT2D eigenvalue weighted by atomic mass is 9.87. The average Bonchev–Trinajstić information content (AvgIpc) is 1.05. The Morgan fingerprint density at radius 3 is 1.23 bits per heavy atom. The first-order valence-corrected chi connectivity index (χ1v) is 37.6. The molecule has 50 heteroatoms. The van der Waals surface area contributed by atoms with Crippen LogP contribution in [0.5, 0.6) is 172 Å². The molecule has 10 aromatic rings. The van der Waals surface area contributed by atoms with Crippen LogP contribution in [0.1, 0.15) is 112 Å². The summed E-state index contributed by atoms with van der Waals surface area (Å²) in [7, 11) is 0. The predicted molar refractivity (Wildman–Crippen MR) is 417 cm³/mol. The summed E-state index contributed by atoms with van der Waals surface area (Å²) in [4.78, 5) is 120. The number of esters is 8. The summed E-state index contributed by atoms with van der Waals surface area (Å²) >= 11 is 0. The maximum Gasteiger partial charge on any atom is 0.342 e. The number of hydrogen-bond donors (Lipinski definition) is 31. The second-order valence-corrected chi connectivity index (χ2v) is 29.7. The molecule has 12 unspecified atom stereocenters. The molecule has 5 heterocycles. The van der Waals surface area contributed by atoms with Gasteiger partial charge in [0.25, 0.3) is 0 Å². The van der Waals surface area contributed by atoms with Gasteiger partial charge < -0.3 is 210 Å². The van der Waals surface area contributed by atoms with Gasteiger partial charge in [-0.2, -0.15) is 0 Å². The van der Waals surface area contributed by atoms with Crippen LogP contribution in [-0.2, 0) is 49.1 Å². The number of ether oxygens (including phenoxy) is 11. The van der Waals surface area contributed by atoms with Gasteiger partial charge in [-0.05, 0) is 60.2 Å². The van der Waals surface area contributed by atoms with Crippen LogP contribution in [0.4, 0.5) is 0 Å². The van der Waals surface area contributed by atoms with Crippen molar-refractivity contribution in [1.82, 2.24) is 0 Å². The lowest BCUT2D eigenvalue weighted by molar-refractivity contribution is -0.284. The number of carbonyl (C=O) groups excluding carboxylic acids is 8. The Balaban J connectivity index is 0.841. The van der Waals surface area contributed by atoms with E-state index in [2.05, 4.69) is 0 Å². The monoisotopic (exact) mass is 1860 g/mol. The van der Waals surface area contributed by atoms with Crippen LogP contribution in [0.25, 0.3) is 33.4 Å². The fraction of sp³-hybridized carbons (Fsp3) is 0.181. The van der Waals surface area contributed by atoms with Gasteiger partial charge in [0.2, 0.25) is 46.0 Å². The van der Waals surface area contributed by atoms with E-state index >= 15 is 24.0 Å². The van der Waals surface area contributed by atoms with Crippen LogP contribution in [0.3, 0.4) is 0 Å². The summed E-state index contributed by atoms with van der Waals surface area (Å²) in [6.07, 6.45) is -33.9. The van der Waals surface area contributed by atoms with E-state index in [0.717, 1.165) is 18.2 Å². The summed E-state index contributed by atoms with van der Waals surface area (Å²) in [5, 5.41) is 350. The van der Waals surface area contributed by atoms with Crippen LogP contribution in [0.2, 0.25) is 0 Å². The molecule has 5 aliphatic heterocycles. The normalized spacial score (nSPS) is 20.7. The minimum absolute atomic E-state index is 0.110. The van der Waals surface area contributed by atoms with Gasteiger partial charge in [-0.3, -0.25) is 0 Å². The number of phenols is 27. The molecule has 1 fully saturated rings. The number of benzene rings is 10. The van der Waals surface area contributed by atoms with E-state index in [0.29, 0.717) is 24.3 Å². The fourth-order valence-corrected chi connectivity index (χ4v) is 15.3. The summed E-state index contributed by atoms with van der Waals surface area (Å²) < 4.78 is 62.5. The third-order valence-electron chi connectivity index (χ3n) is 21.7. The van der Waals surface area contributed by atoms with Crippen LogP contribution in [0, 0.1) is 0 Å². The molecule has 10 aromatic carbocycles. The molecular weight excluding hydrogens is 1800 g/mol. The predicted octanol–water partition coefficient (Wildman–Crippen LogP) is 2.99. The third-order valence-corrected chi connectivity index (χ3v) is 21.7. The molecule has 0 spiro atoms. The van der Waals surface area contributed by atoms with Gasteiger partial charge in [-0.25, -0.2) is 38.4 Å². The summed E-state index contributed by atoms with van der Waals surface area (Å²) in [5.41, 5.74) is -20.8. The molecule has 12 atom stereocenters. The van der Waals surface area contributed by atoms with E-state index < -0.39 is 402 Å². The van der Waals surface area contributed by atoms with E-state index in [-0.39, 0.29) is 42.0 Å². The van der Waals surface area contributed by atoms with Crippen molar-refractivity contribution < 1.29 is 249 Å². The van der Waals surface area contributed by atoms with Gasteiger partial charge in [0.1, 0.15) is 60.4 Å². The molecule has 694 valence electrons. The molecule has 0 aliphatic carbocycles. The average molecular weight is 1860 g/mol. The number of rotatable bonds is 10. The molecule has 15 rings (SSSR count). The summed E-state index contributed by atoms with van der Waals surface area (Å²) in [5.74, 6) is -60.9. The lowest BCUT2D eigenvalue weighted by Gasteiger charge is -2.42. The number of aromatic hydroxyl groups is 27. The molecule has 0 radical (unpaired) electrons.